The number of ether oxygens (including phenoxy) is 1. The van der Waals surface area contributed by atoms with Crippen molar-refractivity contribution >= 4 is 6.03 Å². The van der Waals surface area contributed by atoms with Gasteiger partial charge in [-0.25, -0.2) is 9.18 Å². The topological polar surface area (TPSA) is 50.4 Å². The molecule has 0 aromatic heterocycles. The molecule has 4 nitrogen and oxygen atoms in total. The number of nitrogens with one attached hydrogen (secondary N) is 2. The van der Waals surface area contributed by atoms with E-state index in [-0.39, 0.29) is 17.6 Å². The highest BCUT2D eigenvalue weighted by molar-refractivity contribution is 5.73. The minimum atomic E-state index is -0.377. The number of carbonyl (C=O) groups excluding carboxylic acids is 1. The zero-order valence-electron chi connectivity index (χ0n) is 13.1. The third-order valence-corrected chi connectivity index (χ3v) is 3.29. The number of rotatable bonds is 7. The Morgan fingerprint density at radius 2 is 1.87 bits per heavy atom. The maximum atomic E-state index is 13.7. The molecule has 0 unspecified atom stereocenters. The van der Waals surface area contributed by atoms with E-state index >= 15 is 0 Å². The Morgan fingerprint density at radius 1 is 1.09 bits per heavy atom. The van der Waals surface area contributed by atoms with Crippen LogP contribution in [0.3, 0.4) is 0 Å². The third-order valence-electron chi connectivity index (χ3n) is 3.29. The Balaban J connectivity index is 1.72. The van der Waals surface area contributed by atoms with Gasteiger partial charge in [0.25, 0.3) is 0 Å². The quantitative estimate of drug-likeness (QED) is 0.824. The first-order valence-electron chi connectivity index (χ1n) is 7.66. The minimum absolute atomic E-state index is 0.236. The van der Waals surface area contributed by atoms with E-state index in [1.165, 1.54) is 6.07 Å². The van der Waals surface area contributed by atoms with Crippen molar-refractivity contribution in [3.05, 3.63) is 65.5 Å². The molecule has 2 amide bonds. The van der Waals surface area contributed by atoms with Crippen molar-refractivity contribution in [1.82, 2.24) is 10.6 Å². The van der Waals surface area contributed by atoms with E-state index in [4.69, 9.17) is 4.74 Å². The van der Waals surface area contributed by atoms with Gasteiger partial charge in [0.1, 0.15) is 0 Å². The monoisotopic (exact) mass is 316 g/mol. The summed E-state index contributed by atoms with van der Waals surface area (Å²) in [7, 11) is 0. The third kappa shape index (κ3) is 5.62. The molecule has 0 spiro atoms. The van der Waals surface area contributed by atoms with Gasteiger partial charge in [0.05, 0.1) is 6.61 Å². The molecular weight excluding hydrogens is 295 g/mol. The SMILES string of the molecule is CCOc1ccc(CCNC(=O)NCc2ccccc2)cc1F. The first-order valence-corrected chi connectivity index (χ1v) is 7.66. The van der Waals surface area contributed by atoms with Crippen molar-refractivity contribution in [2.24, 2.45) is 0 Å². The van der Waals surface area contributed by atoms with E-state index in [0.717, 1.165) is 11.1 Å². The number of carbonyl (C=O) groups is 1. The molecule has 0 saturated heterocycles. The van der Waals surface area contributed by atoms with Crippen LogP contribution in [0.1, 0.15) is 18.1 Å². The van der Waals surface area contributed by atoms with E-state index in [1.54, 1.807) is 12.1 Å². The van der Waals surface area contributed by atoms with Crippen LogP contribution in [0.4, 0.5) is 9.18 Å². The molecule has 0 radical (unpaired) electrons. The van der Waals surface area contributed by atoms with Crippen molar-refractivity contribution in [2.75, 3.05) is 13.2 Å². The zero-order chi connectivity index (χ0) is 16.5. The van der Waals surface area contributed by atoms with Crippen LogP contribution < -0.4 is 15.4 Å². The fourth-order valence-corrected chi connectivity index (χ4v) is 2.13. The average Bonchev–Trinajstić information content (AvgIpc) is 2.56. The van der Waals surface area contributed by atoms with Crippen LogP contribution in [0.15, 0.2) is 48.5 Å². The molecule has 0 heterocycles. The van der Waals surface area contributed by atoms with E-state index < -0.39 is 0 Å². The first kappa shape index (κ1) is 16.8. The van der Waals surface area contributed by atoms with Gasteiger partial charge in [-0.15, -0.1) is 0 Å². The second-order valence-electron chi connectivity index (χ2n) is 5.04. The summed E-state index contributed by atoms with van der Waals surface area (Å²) in [5.74, 6) is -0.123. The predicted octanol–water partition coefficient (Wildman–Crippen LogP) is 3.27. The average molecular weight is 316 g/mol. The Hall–Kier alpha value is -2.56. The van der Waals surface area contributed by atoms with E-state index in [1.807, 2.05) is 37.3 Å². The molecule has 122 valence electrons. The van der Waals surface area contributed by atoms with Gasteiger partial charge in [-0.2, -0.15) is 0 Å². The summed E-state index contributed by atoms with van der Waals surface area (Å²) >= 11 is 0. The number of hydrogen-bond donors (Lipinski definition) is 2. The molecular formula is C18H21FN2O2. The van der Waals surface area contributed by atoms with Gasteiger partial charge in [-0.1, -0.05) is 36.4 Å². The Morgan fingerprint density at radius 3 is 2.57 bits per heavy atom. The largest absolute Gasteiger partial charge is 0.491 e. The highest BCUT2D eigenvalue weighted by Crippen LogP contribution is 2.18. The summed E-state index contributed by atoms with van der Waals surface area (Å²) < 4.78 is 18.9. The summed E-state index contributed by atoms with van der Waals surface area (Å²) in [6.07, 6.45) is 0.558. The molecule has 0 aliphatic rings. The summed E-state index contributed by atoms with van der Waals surface area (Å²) in [6.45, 7) is 3.16. The molecule has 0 aliphatic carbocycles. The highest BCUT2D eigenvalue weighted by atomic mass is 19.1. The number of hydrogen-bond acceptors (Lipinski definition) is 2. The van der Waals surface area contributed by atoms with Gasteiger partial charge < -0.3 is 15.4 Å². The summed E-state index contributed by atoms with van der Waals surface area (Å²) in [5.41, 5.74) is 1.85. The molecule has 23 heavy (non-hydrogen) atoms. The maximum Gasteiger partial charge on any atom is 0.315 e. The molecule has 2 N–H and O–H groups in total. The van der Waals surface area contributed by atoms with Crippen LogP contribution in [-0.4, -0.2) is 19.2 Å². The Bertz CT molecular complexity index is 632. The zero-order valence-corrected chi connectivity index (χ0v) is 13.1. The first-order chi connectivity index (χ1) is 11.2. The summed E-state index contributed by atoms with van der Waals surface area (Å²) in [5, 5.41) is 5.54. The van der Waals surface area contributed by atoms with Crippen LogP contribution >= 0.6 is 0 Å². The fraction of sp³-hybridized carbons (Fsp3) is 0.278. The van der Waals surface area contributed by atoms with Crippen molar-refractivity contribution in [1.29, 1.82) is 0 Å². The maximum absolute atomic E-state index is 13.7. The molecule has 5 heteroatoms. The molecule has 0 bridgehead atoms. The van der Waals surface area contributed by atoms with E-state index in [2.05, 4.69) is 10.6 Å². The lowest BCUT2D eigenvalue weighted by Crippen LogP contribution is -2.36. The lowest BCUT2D eigenvalue weighted by molar-refractivity contribution is 0.240. The van der Waals surface area contributed by atoms with Gasteiger partial charge in [0.2, 0.25) is 0 Å². The van der Waals surface area contributed by atoms with Crippen LogP contribution in [-0.2, 0) is 13.0 Å². The van der Waals surface area contributed by atoms with Gasteiger partial charge in [0.15, 0.2) is 11.6 Å². The Labute approximate surface area is 135 Å². The molecule has 0 fully saturated rings. The lowest BCUT2D eigenvalue weighted by atomic mass is 10.1. The van der Waals surface area contributed by atoms with Crippen LogP contribution in [0.5, 0.6) is 5.75 Å². The van der Waals surface area contributed by atoms with E-state index in [0.29, 0.717) is 26.1 Å². The summed E-state index contributed by atoms with van der Waals surface area (Å²) in [4.78, 5) is 11.7. The lowest BCUT2D eigenvalue weighted by Gasteiger charge is -2.09. The van der Waals surface area contributed by atoms with Crippen LogP contribution in [0.25, 0.3) is 0 Å². The molecule has 0 saturated carbocycles. The summed E-state index contributed by atoms with van der Waals surface area (Å²) in [6, 6.07) is 14.3. The predicted molar refractivity (Wildman–Crippen MR) is 88.0 cm³/mol. The Kier molecular flexibility index (Phi) is 6.41. The van der Waals surface area contributed by atoms with Gasteiger partial charge in [-0.3, -0.25) is 0 Å². The van der Waals surface area contributed by atoms with Crippen molar-refractivity contribution < 1.29 is 13.9 Å². The van der Waals surface area contributed by atoms with Gasteiger partial charge >= 0.3 is 6.03 Å². The number of halogens is 1. The van der Waals surface area contributed by atoms with Gasteiger partial charge in [0, 0.05) is 13.1 Å². The van der Waals surface area contributed by atoms with Crippen molar-refractivity contribution in [2.45, 2.75) is 19.9 Å². The van der Waals surface area contributed by atoms with Gasteiger partial charge in [-0.05, 0) is 36.6 Å². The second-order valence-corrected chi connectivity index (χ2v) is 5.04. The second kappa shape index (κ2) is 8.78. The van der Waals surface area contributed by atoms with Crippen molar-refractivity contribution in [3.63, 3.8) is 0 Å². The smallest absolute Gasteiger partial charge is 0.315 e. The molecule has 2 aromatic rings. The number of amides is 2. The minimum Gasteiger partial charge on any atom is -0.491 e. The standard InChI is InChI=1S/C18H21FN2O2/c1-2-23-17-9-8-14(12-16(17)19)10-11-20-18(22)21-13-15-6-4-3-5-7-15/h3-9,12H,2,10-11,13H2,1H3,(H2,20,21,22). The molecule has 0 atom stereocenters. The molecule has 2 aromatic carbocycles. The highest BCUT2D eigenvalue weighted by Gasteiger charge is 2.05. The molecule has 0 aliphatic heterocycles. The normalized spacial score (nSPS) is 10.2. The fourth-order valence-electron chi connectivity index (χ4n) is 2.13. The van der Waals surface area contributed by atoms with Crippen LogP contribution in [0, 0.1) is 5.82 Å². The molecule has 2 rings (SSSR count). The van der Waals surface area contributed by atoms with Crippen LogP contribution in [0.2, 0.25) is 0 Å². The van der Waals surface area contributed by atoms with E-state index in [9.17, 15) is 9.18 Å². The number of benzene rings is 2. The number of urea groups is 1. The van der Waals surface area contributed by atoms with Crippen molar-refractivity contribution in [3.8, 4) is 5.75 Å².